The first-order chi connectivity index (χ1) is 11.7. The van der Waals surface area contributed by atoms with Gasteiger partial charge in [0.05, 0.1) is 16.3 Å². The highest BCUT2D eigenvalue weighted by atomic mass is 32.2. The monoisotopic (exact) mass is 359 g/mol. The van der Waals surface area contributed by atoms with Crippen LogP contribution in [0.3, 0.4) is 0 Å². The van der Waals surface area contributed by atoms with Crippen LogP contribution in [-0.4, -0.2) is 42.0 Å². The lowest BCUT2D eigenvalue weighted by Crippen LogP contribution is -2.32. The average Bonchev–Trinajstić information content (AvgIpc) is 3.28. The van der Waals surface area contributed by atoms with Crippen molar-refractivity contribution in [2.45, 2.75) is 17.6 Å². The highest BCUT2D eigenvalue weighted by Crippen LogP contribution is 2.31. The number of hydrogen-bond acceptors (Lipinski definition) is 5. The fourth-order valence-corrected chi connectivity index (χ4v) is 5.24. The second-order valence-electron chi connectivity index (χ2n) is 6.53. The second kappa shape index (κ2) is 6.86. The number of thiazole rings is 1. The van der Waals surface area contributed by atoms with Gasteiger partial charge >= 0.3 is 0 Å². The maximum Gasteiger partial charge on any atom is 0.255 e. The summed E-state index contributed by atoms with van der Waals surface area (Å²) in [6.07, 6.45) is 0. The fourth-order valence-electron chi connectivity index (χ4n) is 3.59. The summed E-state index contributed by atoms with van der Waals surface area (Å²) in [6, 6.07) is 7.98. The Morgan fingerprint density at radius 3 is 2.79 bits per heavy atom. The molecule has 2 atom stereocenters. The van der Waals surface area contributed by atoms with Crippen molar-refractivity contribution in [2.75, 3.05) is 26.2 Å². The molecule has 0 unspecified atom stereocenters. The molecule has 1 aromatic carbocycles. The number of thioether (sulfide) groups is 1. The number of benzene rings is 1. The first-order valence-corrected chi connectivity index (χ1v) is 10.2. The average molecular weight is 360 g/mol. The first kappa shape index (κ1) is 16.1. The van der Waals surface area contributed by atoms with Gasteiger partial charge in [-0.15, -0.1) is 23.1 Å². The molecule has 1 N–H and O–H groups in total. The predicted molar refractivity (Wildman–Crippen MR) is 98.6 cm³/mol. The molecular formula is C18H21N3OS2. The van der Waals surface area contributed by atoms with Gasteiger partial charge in [-0.1, -0.05) is 12.1 Å². The van der Waals surface area contributed by atoms with Gasteiger partial charge in [-0.25, -0.2) is 4.98 Å². The molecule has 2 aliphatic rings. The summed E-state index contributed by atoms with van der Waals surface area (Å²) in [5, 5.41) is 6.62. The van der Waals surface area contributed by atoms with E-state index in [0.717, 1.165) is 53.1 Å². The third kappa shape index (κ3) is 3.23. The summed E-state index contributed by atoms with van der Waals surface area (Å²) in [4.78, 5) is 20.6. The predicted octanol–water partition coefficient (Wildman–Crippen LogP) is 3.04. The summed E-state index contributed by atoms with van der Waals surface area (Å²) in [5.74, 6) is 2.25. The molecule has 4 rings (SSSR count). The Morgan fingerprint density at radius 2 is 2.08 bits per heavy atom. The molecule has 0 spiro atoms. The Balaban J connectivity index is 1.47. The van der Waals surface area contributed by atoms with Crippen molar-refractivity contribution in [3.8, 4) is 0 Å². The maximum atomic E-state index is 13.0. The molecule has 0 radical (unpaired) electrons. The number of nitrogens with one attached hydrogen (secondary N) is 1. The largest absolute Gasteiger partial charge is 0.338 e. The van der Waals surface area contributed by atoms with E-state index in [9.17, 15) is 4.79 Å². The van der Waals surface area contributed by atoms with Crippen molar-refractivity contribution in [1.82, 2.24) is 15.2 Å². The third-order valence-electron chi connectivity index (χ3n) is 4.84. The van der Waals surface area contributed by atoms with Gasteiger partial charge in [0.1, 0.15) is 0 Å². The maximum absolute atomic E-state index is 13.0. The standard InChI is InChI=1S/C18H21N3OS2/c1-12-20-15(10-23-12)11-24-17-5-3-2-4-16(17)18(22)21-8-13-6-19-7-14(13)9-21/h2-5,10,13-14,19H,6-9,11H2,1H3/t13-,14+. The Kier molecular flexibility index (Phi) is 4.61. The smallest absolute Gasteiger partial charge is 0.255 e. The zero-order chi connectivity index (χ0) is 16.5. The van der Waals surface area contributed by atoms with Gasteiger partial charge in [0, 0.05) is 42.2 Å². The summed E-state index contributed by atoms with van der Waals surface area (Å²) in [5.41, 5.74) is 1.92. The van der Waals surface area contributed by atoms with Crippen LogP contribution in [0, 0.1) is 18.8 Å². The van der Waals surface area contributed by atoms with E-state index in [1.54, 1.807) is 23.1 Å². The highest BCUT2D eigenvalue weighted by Gasteiger charge is 2.38. The van der Waals surface area contributed by atoms with Crippen LogP contribution in [0.4, 0.5) is 0 Å². The van der Waals surface area contributed by atoms with Gasteiger partial charge in [-0.2, -0.15) is 0 Å². The number of amides is 1. The first-order valence-electron chi connectivity index (χ1n) is 8.33. The second-order valence-corrected chi connectivity index (χ2v) is 8.61. The van der Waals surface area contributed by atoms with Crippen LogP contribution in [0.2, 0.25) is 0 Å². The molecule has 2 fully saturated rings. The Bertz CT molecular complexity index is 733. The molecule has 3 heterocycles. The molecule has 4 nitrogen and oxygen atoms in total. The van der Waals surface area contributed by atoms with Crippen LogP contribution in [0.15, 0.2) is 34.5 Å². The van der Waals surface area contributed by atoms with E-state index >= 15 is 0 Å². The van der Waals surface area contributed by atoms with Crippen LogP contribution in [0.25, 0.3) is 0 Å². The lowest BCUT2D eigenvalue weighted by Gasteiger charge is -2.19. The lowest BCUT2D eigenvalue weighted by molar-refractivity contribution is 0.0778. The molecule has 24 heavy (non-hydrogen) atoms. The molecule has 1 aromatic heterocycles. The summed E-state index contributed by atoms with van der Waals surface area (Å²) in [7, 11) is 0. The Labute approximate surface area is 150 Å². The fraction of sp³-hybridized carbons (Fsp3) is 0.444. The molecule has 2 aromatic rings. The topological polar surface area (TPSA) is 45.2 Å². The van der Waals surface area contributed by atoms with E-state index < -0.39 is 0 Å². The van der Waals surface area contributed by atoms with Crippen LogP contribution in [0.1, 0.15) is 21.1 Å². The van der Waals surface area contributed by atoms with Gasteiger partial charge in [-0.3, -0.25) is 4.79 Å². The quantitative estimate of drug-likeness (QED) is 0.853. The molecule has 0 aliphatic carbocycles. The van der Waals surface area contributed by atoms with Gasteiger partial charge in [-0.05, 0) is 30.9 Å². The van der Waals surface area contributed by atoms with Gasteiger partial charge in [0.25, 0.3) is 5.91 Å². The number of rotatable bonds is 4. The van der Waals surface area contributed by atoms with E-state index in [-0.39, 0.29) is 5.91 Å². The van der Waals surface area contributed by atoms with E-state index in [4.69, 9.17) is 0 Å². The van der Waals surface area contributed by atoms with Crippen molar-refractivity contribution in [3.05, 3.63) is 45.9 Å². The molecule has 6 heteroatoms. The van der Waals surface area contributed by atoms with Crippen molar-refractivity contribution in [2.24, 2.45) is 11.8 Å². The van der Waals surface area contributed by atoms with E-state index in [0.29, 0.717) is 11.8 Å². The number of carbonyl (C=O) groups is 1. The van der Waals surface area contributed by atoms with Crippen molar-refractivity contribution >= 4 is 29.0 Å². The zero-order valence-electron chi connectivity index (χ0n) is 13.7. The third-order valence-corrected chi connectivity index (χ3v) is 6.77. The molecule has 126 valence electrons. The van der Waals surface area contributed by atoms with E-state index in [1.165, 1.54) is 0 Å². The minimum absolute atomic E-state index is 0.182. The molecule has 0 saturated carbocycles. The number of carbonyl (C=O) groups excluding carboxylic acids is 1. The van der Waals surface area contributed by atoms with Gasteiger partial charge in [0.15, 0.2) is 0 Å². The van der Waals surface area contributed by atoms with E-state index in [1.807, 2.05) is 30.0 Å². The van der Waals surface area contributed by atoms with Gasteiger partial charge in [0.2, 0.25) is 0 Å². The summed E-state index contributed by atoms with van der Waals surface area (Å²) in [6.45, 7) is 5.90. The van der Waals surface area contributed by atoms with Crippen molar-refractivity contribution < 1.29 is 4.79 Å². The molecule has 1 amide bonds. The van der Waals surface area contributed by atoms with Crippen LogP contribution < -0.4 is 5.32 Å². The SMILES string of the molecule is Cc1nc(CSc2ccccc2C(=O)N2C[C@H]3CNC[C@H]3C2)cs1. The number of fused-ring (bicyclic) bond motifs is 1. The number of hydrogen-bond donors (Lipinski definition) is 1. The summed E-state index contributed by atoms with van der Waals surface area (Å²) < 4.78 is 0. The minimum atomic E-state index is 0.182. The number of aromatic nitrogens is 1. The highest BCUT2D eigenvalue weighted by molar-refractivity contribution is 7.98. The van der Waals surface area contributed by atoms with Crippen molar-refractivity contribution in [3.63, 3.8) is 0 Å². The Hall–Kier alpha value is -1.37. The molecular weight excluding hydrogens is 338 g/mol. The lowest BCUT2D eigenvalue weighted by atomic mass is 10.0. The normalized spacial score (nSPS) is 22.8. The van der Waals surface area contributed by atoms with Crippen LogP contribution in [0.5, 0.6) is 0 Å². The molecule has 2 saturated heterocycles. The van der Waals surface area contributed by atoms with Crippen molar-refractivity contribution in [1.29, 1.82) is 0 Å². The zero-order valence-corrected chi connectivity index (χ0v) is 15.3. The molecule has 0 bridgehead atoms. The number of likely N-dealkylation sites (tertiary alicyclic amines) is 1. The van der Waals surface area contributed by atoms with E-state index in [2.05, 4.69) is 21.7 Å². The van der Waals surface area contributed by atoms with Crippen LogP contribution >= 0.6 is 23.1 Å². The Morgan fingerprint density at radius 1 is 1.33 bits per heavy atom. The minimum Gasteiger partial charge on any atom is -0.338 e. The number of aryl methyl sites for hydroxylation is 1. The van der Waals surface area contributed by atoms with Gasteiger partial charge < -0.3 is 10.2 Å². The summed E-state index contributed by atoms with van der Waals surface area (Å²) >= 11 is 3.38. The number of nitrogens with zero attached hydrogens (tertiary/aromatic N) is 2. The van der Waals surface area contributed by atoms with Crippen LogP contribution in [-0.2, 0) is 5.75 Å². The molecule has 2 aliphatic heterocycles.